The molecule has 1 unspecified atom stereocenters. The van der Waals surface area contributed by atoms with E-state index in [1.54, 1.807) is 0 Å². The molecule has 4 nitrogen and oxygen atoms in total. The van der Waals surface area contributed by atoms with Crippen molar-refractivity contribution in [3.8, 4) is 11.1 Å². The van der Waals surface area contributed by atoms with E-state index in [0.29, 0.717) is 12.2 Å². The number of nitrogens with two attached hydrogens (primary N) is 1. The molecule has 0 aliphatic heterocycles. The summed E-state index contributed by atoms with van der Waals surface area (Å²) in [6.45, 7) is 7.01. The third-order valence-electron chi connectivity index (χ3n) is 3.84. The average Bonchev–Trinajstić information content (AvgIpc) is 2.52. The summed E-state index contributed by atoms with van der Waals surface area (Å²) >= 11 is 0. The molecular formula is C18H26N2O2Si. The van der Waals surface area contributed by atoms with Crippen LogP contribution in [0.3, 0.4) is 0 Å². The van der Waals surface area contributed by atoms with Gasteiger partial charge >= 0.3 is 0 Å². The molecule has 0 saturated carbocycles. The van der Waals surface area contributed by atoms with Crippen molar-refractivity contribution in [2.24, 2.45) is 0 Å². The molecule has 0 saturated heterocycles. The third-order valence-corrected chi connectivity index (χ3v) is 5.91. The standard InChI is InChI=1S/C18H26N2O2Si/c1-23(2,3)16-7-4-13(5-8-16)17-10-14(19)6-9-18(17)20-11-15(22)12-21/h4-10,15,20-22H,11-12,19H2,1-3H3. The molecule has 0 amide bonds. The molecule has 0 aliphatic carbocycles. The van der Waals surface area contributed by atoms with Crippen LogP contribution in [0.5, 0.6) is 0 Å². The predicted octanol–water partition coefficient (Wildman–Crippen LogP) is 2.25. The predicted molar refractivity (Wildman–Crippen MR) is 101 cm³/mol. The number of aliphatic hydroxyl groups excluding tert-OH is 2. The highest BCUT2D eigenvalue weighted by Gasteiger charge is 2.16. The summed E-state index contributed by atoms with van der Waals surface area (Å²) in [6, 6.07) is 14.3. The van der Waals surface area contributed by atoms with Crippen LogP contribution in [-0.4, -0.2) is 37.5 Å². The number of aliphatic hydroxyl groups is 2. The van der Waals surface area contributed by atoms with Crippen molar-refractivity contribution in [2.75, 3.05) is 24.2 Å². The SMILES string of the molecule is C[Si](C)(C)c1ccc(-c2cc(N)ccc2NCC(O)CO)cc1. The number of benzene rings is 2. The van der Waals surface area contributed by atoms with E-state index in [2.05, 4.69) is 49.2 Å². The molecule has 0 aliphatic rings. The molecule has 5 N–H and O–H groups in total. The van der Waals surface area contributed by atoms with Gasteiger partial charge in [-0.05, 0) is 23.8 Å². The summed E-state index contributed by atoms with van der Waals surface area (Å²) < 4.78 is 0. The van der Waals surface area contributed by atoms with Crippen LogP contribution in [0.25, 0.3) is 11.1 Å². The number of hydrogen-bond donors (Lipinski definition) is 4. The van der Waals surface area contributed by atoms with Gasteiger partial charge in [0.05, 0.1) is 20.8 Å². The zero-order valence-corrected chi connectivity index (χ0v) is 15.0. The molecule has 5 heteroatoms. The van der Waals surface area contributed by atoms with Crippen LogP contribution >= 0.6 is 0 Å². The minimum atomic E-state index is -1.32. The van der Waals surface area contributed by atoms with Crippen LogP contribution < -0.4 is 16.2 Å². The lowest BCUT2D eigenvalue weighted by atomic mass is 10.0. The smallest absolute Gasteiger partial charge is 0.0942 e. The molecule has 0 bridgehead atoms. The number of nitrogen functional groups attached to an aromatic ring is 1. The zero-order valence-electron chi connectivity index (χ0n) is 14.0. The van der Waals surface area contributed by atoms with E-state index in [1.165, 1.54) is 5.19 Å². The van der Waals surface area contributed by atoms with Gasteiger partial charge in [0.1, 0.15) is 0 Å². The lowest BCUT2D eigenvalue weighted by Gasteiger charge is -2.18. The summed E-state index contributed by atoms with van der Waals surface area (Å²) in [6.07, 6.45) is -0.783. The molecule has 0 heterocycles. The molecule has 2 rings (SSSR count). The van der Waals surface area contributed by atoms with Crippen molar-refractivity contribution in [2.45, 2.75) is 25.7 Å². The average molecular weight is 331 g/mol. The largest absolute Gasteiger partial charge is 0.399 e. The molecule has 1 atom stereocenters. The molecular weight excluding hydrogens is 304 g/mol. The van der Waals surface area contributed by atoms with Gasteiger partial charge in [0.25, 0.3) is 0 Å². The van der Waals surface area contributed by atoms with Gasteiger partial charge in [0.15, 0.2) is 0 Å². The Balaban J connectivity index is 2.32. The van der Waals surface area contributed by atoms with Crippen molar-refractivity contribution < 1.29 is 10.2 Å². The summed E-state index contributed by atoms with van der Waals surface area (Å²) in [5, 5.41) is 23.1. The molecule has 0 spiro atoms. The lowest BCUT2D eigenvalue weighted by molar-refractivity contribution is 0.105. The van der Waals surface area contributed by atoms with Crippen LogP contribution in [0.1, 0.15) is 0 Å². The highest BCUT2D eigenvalue weighted by atomic mass is 28.3. The van der Waals surface area contributed by atoms with Crippen LogP contribution in [0, 0.1) is 0 Å². The van der Waals surface area contributed by atoms with E-state index >= 15 is 0 Å². The van der Waals surface area contributed by atoms with Gasteiger partial charge in [-0.2, -0.15) is 0 Å². The maximum Gasteiger partial charge on any atom is 0.0942 e. The van der Waals surface area contributed by atoms with Crippen molar-refractivity contribution in [1.82, 2.24) is 0 Å². The third kappa shape index (κ3) is 4.57. The fourth-order valence-corrected chi connectivity index (χ4v) is 3.56. The molecule has 0 aromatic heterocycles. The van der Waals surface area contributed by atoms with E-state index in [1.807, 2.05) is 18.2 Å². The zero-order chi connectivity index (χ0) is 17.0. The summed E-state index contributed by atoms with van der Waals surface area (Å²) in [5.41, 5.74) is 9.61. The monoisotopic (exact) mass is 330 g/mol. The Morgan fingerprint density at radius 2 is 1.74 bits per heavy atom. The van der Waals surface area contributed by atoms with E-state index in [0.717, 1.165) is 16.8 Å². The van der Waals surface area contributed by atoms with Crippen LogP contribution in [0.15, 0.2) is 42.5 Å². The fraction of sp³-hybridized carbons (Fsp3) is 0.333. The van der Waals surface area contributed by atoms with Crippen molar-refractivity contribution in [3.05, 3.63) is 42.5 Å². The van der Waals surface area contributed by atoms with Crippen molar-refractivity contribution >= 4 is 24.6 Å². The second-order valence-corrected chi connectivity index (χ2v) is 11.9. The number of hydrogen-bond acceptors (Lipinski definition) is 4. The first kappa shape index (κ1) is 17.5. The van der Waals surface area contributed by atoms with E-state index in [-0.39, 0.29) is 6.61 Å². The Bertz CT molecular complexity index is 651. The van der Waals surface area contributed by atoms with Gasteiger partial charge in [-0.25, -0.2) is 0 Å². The van der Waals surface area contributed by atoms with Gasteiger partial charge in [0, 0.05) is 23.5 Å². The van der Waals surface area contributed by atoms with Crippen molar-refractivity contribution in [1.29, 1.82) is 0 Å². The van der Waals surface area contributed by atoms with E-state index < -0.39 is 14.2 Å². The fourth-order valence-electron chi connectivity index (χ4n) is 2.40. The second-order valence-electron chi connectivity index (χ2n) is 6.85. The topological polar surface area (TPSA) is 78.5 Å². The Hall–Kier alpha value is -1.82. The normalized spacial score (nSPS) is 12.9. The maximum absolute atomic E-state index is 9.53. The van der Waals surface area contributed by atoms with Crippen LogP contribution in [0.2, 0.25) is 19.6 Å². The minimum absolute atomic E-state index is 0.262. The number of nitrogens with one attached hydrogen (secondary N) is 1. The lowest BCUT2D eigenvalue weighted by Crippen LogP contribution is -2.37. The Morgan fingerprint density at radius 1 is 1.09 bits per heavy atom. The van der Waals surface area contributed by atoms with E-state index in [4.69, 9.17) is 10.8 Å². The summed E-state index contributed by atoms with van der Waals surface area (Å²) in [4.78, 5) is 0. The van der Waals surface area contributed by atoms with Crippen LogP contribution in [0.4, 0.5) is 11.4 Å². The molecule has 124 valence electrons. The molecule has 0 fully saturated rings. The highest BCUT2D eigenvalue weighted by molar-refractivity contribution is 6.88. The van der Waals surface area contributed by atoms with Gasteiger partial charge in [-0.15, -0.1) is 0 Å². The molecule has 2 aromatic carbocycles. The van der Waals surface area contributed by atoms with Gasteiger partial charge in [-0.1, -0.05) is 49.1 Å². The second kappa shape index (κ2) is 7.17. The first-order valence-corrected chi connectivity index (χ1v) is 11.3. The molecule has 2 aromatic rings. The molecule has 0 radical (unpaired) electrons. The highest BCUT2D eigenvalue weighted by Crippen LogP contribution is 2.30. The summed E-state index contributed by atoms with van der Waals surface area (Å²) in [7, 11) is -1.32. The molecule has 23 heavy (non-hydrogen) atoms. The van der Waals surface area contributed by atoms with Gasteiger partial charge in [0.2, 0.25) is 0 Å². The summed E-state index contributed by atoms with van der Waals surface area (Å²) in [5.74, 6) is 0. The Kier molecular flexibility index (Phi) is 5.46. The van der Waals surface area contributed by atoms with Crippen LogP contribution in [-0.2, 0) is 0 Å². The van der Waals surface area contributed by atoms with Gasteiger partial charge in [-0.3, -0.25) is 0 Å². The minimum Gasteiger partial charge on any atom is -0.399 e. The number of rotatable bonds is 6. The quantitative estimate of drug-likeness (QED) is 0.484. The maximum atomic E-state index is 9.53. The van der Waals surface area contributed by atoms with E-state index in [9.17, 15) is 5.11 Å². The Labute approximate surface area is 139 Å². The number of anilines is 2. The first-order chi connectivity index (χ1) is 10.8. The van der Waals surface area contributed by atoms with Gasteiger partial charge < -0.3 is 21.3 Å². The van der Waals surface area contributed by atoms with Crippen molar-refractivity contribution in [3.63, 3.8) is 0 Å². The first-order valence-electron chi connectivity index (χ1n) is 7.84. The Morgan fingerprint density at radius 3 is 2.30 bits per heavy atom.